The second kappa shape index (κ2) is 5.59. The van der Waals surface area contributed by atoms with Crippen LogP contribution in [0, 0.1) is 6.92 Å². The van der Waals surface area contributed by atoms with E-state index in [1.54, 1.807) is 6.20 Å². The summed E-state index contributed by atoms with van der Waals surface area (Å²) >= 11 is 0. The van der Waals surface area contributed by atoms with Crippen molar-refractivity contribution in [2.45, 2.75) is 40.5 Å². The fourth-order valence-electron chi connectivity index (χ4n) is 1.70. The SMILES string of the molecule is CC.Cc1cc2ncccc2nc1C(C)C. The zero-order valence-corrected chi connectivity index (χ0v) is 10.8. The van der Waals surface area contributed by atoms with Gasteiger partial charge < -0.3 is 0 Å². The Kier molecular flexibility index (Phi) is 4.41. The van der Waals surface area contributed by atoms with Gasteiger partial charge in [-0.25, -0.2) is 0 Å². The van der Waals surface area contributed by atoms with E-state index in [0.717, 1.165) is 11.0 Å². The smallest absolute Gasteiger partial charge is 0.0890 e. The van der Waals surface area contributed by atoms with Crippen LogP contribution in [0.5, 0.6) is 0 Å². The number of pyridine rings is 2. The number of nitrogens with zero attached hydrogens (tertiary/aromatic N) is 2. The highest BCUT2D eigenvalue weighted by molar-refractivity contribution is 5.74. The number of fused-ring (bicyclic) bond motifs is 1. The van der Waals surface area contributed by atoms with Crippen LogP contribution in [0.2, 0.25) is 0 Å². The first kappa shape index (κ1) is 12.6. The molecular weight excluding hydrogens is 196 g/mol. The van der Waals surface area contributed by atoms with Crippen LogP contribution in [-0.4, -0.2) is 9.97 Å². The summed E-state index contributed by atoms with van der Waals surface area (Å²) < 4.78 is 0. The molecule has 2 aromatic rings. The fourth-order valence-corrected chi connectivity index (χ4v) is 1.70. The molecule has 2 heteroatoms. The molecule has 0 unspecified atom stereocenters. The summed E-state index contributed by atoms with van der Waals surface area (Å²) in [6.45, 7) is 10.4. The lowest BCUT2D eigenvalue weighted by Crippen LogP contribution is -1.97. The summed E-state index contributed by atoms with van der Waals surface area (Å²) in [4.78, 5) is 8.89. The van der Waals surface area contributed by atoms with Crippen molar-refractivity contribution >= 4 is 11.0 Å². The standard InChI is InChI=1S/C12H14N2.C2H6/c1-8(2)12-9(3)7-11-10(14-12)5-4-6-13-11;1-2/h4-8H,1-3H3;1-2H3. The van der Waals surface area contributed by atoms with E-state index < -0.39 is 0 Å². The van der Waals surface area contributed by atoms with Gasteiger partial charge in [0.15, 0.2) is 0 Å². The van der Waals surface area contributed by atoms with E-state index in [1.165, 1.54) is 11.3 Å². The third-order valence-corrected chi connectivity index (χ3v) is 2.36. The summed E-state index contributed by atoms with van der Waals surface area (Å²) in [5.74, 6) is 0.472. The van der Waals surface area contributed by atoms with Gasteiger partial charge in [0, 0.05) is 11.9 Å². The van der Waals surface area contributed by atoms with Crippen LogP contribution in [0.3, 0.4) is 0 Å². The number of rotatable bonds is 1. The van der Waals surface area contributed by atoms with E-state index in [2.05, 4.69) is 36.8 Å². The molecule has 0 radical (unpaired) electrons. The number of aromatic nitrogens is 2. The summed E-state index contributed by atoms with van der Waals surface area (Å²) in [6, 6.07) is 6.04. The maximum atomic E-state index is 4.61. The summed E-state index contributed by atoms with van der Waals surface area (Å²) in [5, 5.41) is 0. The van der Waals surface area contributed by atoms with Crippen LogP contribution in [-0.2, 0) is 0 Å². The van der Waals surface area contributed by atoms with Crippen LogP contribution < -0.4 is 0 Å². The first-order chi connectivity index (χ1) is 7.68. The van der Waals surface area contributed by atoms with Gasteiger partial charge in [-0.2, -0.15) is 0 Å². The molecule has 0 spiro atoms. The predicted molar refractivity (Wildman–Crippen MR) is 69.7 cm³/mol. The number of hydrogen-bond donors (Lipinski definition) is 0. The lowest BCUT2D eigenvalue weighted by atomic mass is 10.0. The highest BCUT2D eigenvalue weighted by Crippen LogP contribution is 2.20. The molecule has 16 heavy (non-hydrogen) atoms. The zero-order valence-electron chi connectivity index (χ0n) is 10.8. The van der Waals surface area contributed by atoms with E-state index in [4.69, 9.17) is 0 Å². The maximum absolute atomic E-state index is 4.61. The molecule has 2 rings (SSSR count). The molecule has 0 amide bonds. The predicted octanol–water partition coefficient (Wildman–Crippen LogP) is 4.09. The molecule has 0 aliphatic rings. The van der Waals surface area contributed by atoms with Gasteiger partial charge in [-0.3, -0.25) is 9.97 Å². The van der Waals surface area contributed by atoms with Crippen molar-refractivity contribution in [3.63, 3.8) is 0 Å². The quantitative estimate of drug-likeness (QED) is 0.717. The number of aryl methyl sites for hydroxylation is 1. The lowest BCUT2D eigenvalue weighted by molar-refractivity contribution is 0.818. The Bertz CT molecular complexity index is 461. The molecule has 0 aliphatic carbocycles. The highest BCUT2D eigenvalue weighted by Gasteiger charge is 2.06. The Balaban J connectivity index is 0.000000606. The second-order valence-electron chi connectivity index (χ2n) is 3.89. The molecule has 0 fully saturated rings. The van der Waals surface area contributed by atoms with E-state index in [1.807, 2.05) is 26.0 Å². The van der Waals surface area contributed by atoms with Gasteiger partial charge in [-0.05, 0) is 36.6 Å². The van der Waals surface area contributed by atoms with Crippen LogP contribution >= 0.6 is 0 Å². The molecule has 0 saturated heterocycles. The van der Waals surface area contributed by atoms with Crippen molar-refractivity contribution in [3.8, 4) is 0 Å². The normalized spacial score (nSPS) is 10.1. The maximum Gasteiger partial charge on any atom is 0.0890 e. The first-order valence-electron chi connectivity index (χ1n) is 5.91. The Morgan fingerprint density at radius 2 is 1.81 bits per heavy atom. The first-order valence-corrected chi connectivity index (χ1v) is 5.91. The van der Waals surface area contributed by atoms with E-state index in [-0.39, 0.29) is 0 Å². The number of hydrogen-bond acceptors (Lipinski definition) is 2. The van der Waals surface area contributed by atoms with Gasteiger partial charge in [0.25, 0.3) is 0 Å². The lowest BCUT2D eigenvalue weighted by Gasteiger charge is -2.09. The van der Waals surface area contributed by atoms with Gasteiger partial charge in [-0.15, -0.1) is 0 Å². The van der Waals surface area contributed by atoms with Gasteiger partial charge in [0.1, 0.15) is 0 Å². The fraction of sp³-hybridized carbons (Fsp3) is 0.429. The Morgan fingerprint density at radius 3 is 2.44 bits per heavy atom. The average Bonchev–Trinajstić information content (AvgIpc) is 2.30. The van der Waals surface area contributed by atoms with Crippen LogP contribution in [0.4, 0.5) is 0 Å². The van der Waals surface area contributed by atoms with Crippen LogP contribution in [0.1, 0.15) is 44.9 Å². The van der Waals surface area contributed by atoms with Crippen molar-refractivity contribution < 1.29 is 0 Å². The van der Waals surface area contributed by atoms with Crippen molar-refractivity contribution in [2.75, 3.05) is 0 Å². The topological polar surface area (TPSA) is 25.8 Å². The average molecular weight is 216 g/mol. The van der Waals surface area contributed by atoms with Gasteiger partial charge >= 0.3 is 0 Å². The summed E-state index contributed by atoms with van der Waals surface area (Å²) in [7, 11) is 0. The zero-order chi connectivity index (χ0) is 12.1. The van der Waals surface area contributed by atoms with Crippen molar-refractivity contribution in [1.82, 2.24) is 9.97 Å². The summed E-state index contributed by atoms with van der Waals surface area (Å²) in [5.41, 5.74) is 4.37. The van der Waals surface area contributed by atoms with Crippen molar-refractivity contribution in [1.29, 1.82) is 0 Å². The molecule has 2 nitrogen and oxygen atoms in total. The van der Waals surface area contributed by atoms with E-state index >= 15 is 0 Å². The Morgan fingerprint density at radius 1 is 1.12 bits per heavy atom. The van der Waals surface area contributed by atoms with Crippen molar-refractivity contribution in [2.24, 2.45) is 0 Å². The summed E-state index contributed by atoms with van der Waals surface area (Å²) in [6.07, 6.45) is 1.80. The van der Waals surface area contributed by atoms with Gasteiger partial charge in [-0.1, -0.05) is 27.7 Å². The molecule has 0 saturated carbocycles. The third kappa shape index (κ3) is 2.57. The van der Waals surface area contributed by atoms with E-state index in [9.17, 15) is 0 Å². The van der Waals surface area contributed by atoms with E-state index in [0.29, 0.717) is 5.92 Å². The minimum absolute atomic E-state index is 0.472. The largest absolute Gasteiger partial charge is 0.255 e. The molecule has 2 aromatic heterocycles. The minimum Gasteiger partial charge on any atom is -0.255 e. The molecule has 0 aromatic carbocycles. The molecular formula is C14H20N2. The molecule has 0 N–H and O–H groups in total. The molecule has 0 aliphatic heterocycles. The second-order valence-corrected chi connectivity index (χ2v) is 3.89. The Hall–Kier alpha value is -1.44. The van der Waals surface area contributed by atoms with Gasteiger partial charge in [0.05, 0.1) is 11.0 Å². The van der Waals surface area contributed by atoms with Crippen molar-refractivity contribution in [3.05, 3.63) is 35.7 Å². The Labute approximate surface area is 97.7 Å². The monoisotopic (exact) mass is 216 g/mol. The van der Waals surface area contributed by atoms with Gasteiger partial charge in [0.2, 0.25) is 0 Å². The molecule has 2 heterocycles. The molecule has 86 valence electrons. The van der Waals surface area contributed by atoms with Crippen LogP contribution in [0.15, 0.2) is 24.4 Å². The highest BCUT2D eigenvalue weighted by atomic mass is 14.8. The molecule has 0 bridgehead atoms. The third-order valence-electron chi connectivity index (χ3n) is 2.36. The molecule has 0 atom stereocenters. The minimum atomic E-state index is 0.472. The van der Waals surface area contributed by atoms with Crippen LogP contribution in [0.25, 0.3) is 11.0 Å².